The molecule has 25 heavy (non-hydrogen) atoms. The van der Waals surface area contributed by atoms with Crippen molar-refractivity contribution in [3.8, 4) is 0 Å². The molecule has 4 nitrogen and oxygen atoms in total. The number of nitrogens with one attached hydrogen (secondary N) is 1. The summed E-state index contributed by atoms with van der Waals surface area (Å²) in [4.78, 5) is 24.9. The molecular formula is C17H14Cl2F2N2O2. The molecule has 2 amide bonds. The molecule has 2 aromatic rings. The zero-order chi connectivity index (χ0) is 18.6. The lowest BCUT2D eigenvalue weighted by atomic mass is 10.2. The van der Waals surface area contributed by atoms with Crippen molar-refractivity contribution in [1.82, 2.24) is 0 Å². The van der Waals surface area contributed by atoms with Crippen LogP contribution >= 0.6 is 23.2 Å². The Kier molecular flexibility index (Phi) is 6.33. The topological polar surface area (TPSA) is 49.4 Å². The van der Waals surface area contributed by atoms with Crippen molar-refractivity contribution >= 4 is 46.4 Å². The molecule has 0 heterocycles. The molecule has 132 valence electrons. The van der Waals surface area contributed by atoms with Gasteiger partial charge in [0.15, 0.2) is 0 Å². The summed E-state index contributed by atoms with van der Waals surface area (Å²) in [6, 6.07) is 7.65. The Labute approximate surface area is 153 Å². The maximum absolute atomic E-state index is 13.9. The molecule has 0 unspecified atom stereocenters. The molecule has 0 aliphatic heterocycles. The Balaban J connectivity index is 2.07. The Hall–Kier alpha value is -2.18. The van der Waals surface area contributed by atoms with Crippen LogP contribution in [0, 0.1) is 11.6 Å². The van der Waals surface area contributed by atoms with Gasteiger partial charge in [0.1, 0.15) is 11.6 Å². The second kappa shape index (κ2) is 8.27. The van der Waals surface area contributed by atoms with Gasteiger partial charge in [-0.25, -0.2) is 8.78 Å². The number of anilines is 2. The van der Waals surface area contributed by atoms with E-state index in [0.717, 1.165) is 17.0 Å². The molecular weight excluding hydrogens is 373 g/mol. The molecule has 2 rings (SSSR count). The zero-order valence-electron chi connectivity index (χ0n) is 13.2. The van der Waals surface area contributed by atoms with Crippen molar-refractivity contribution in [2.45, 2.75) is 13.3 Å². The third kappa shape index (κ3) is 4.90. The van der Waals surface area contributed by atoms with Crippen LogP contribution in [-0.4, -0.2) is 18.4 Å². The van der Waals surface area contributed by atoms with Crippen molar-refractivity contribution in [2.75, 3.05) is 16.8 Å². The number of hydrogen-bond acceptors (Lipinski definition) is 2. The van der Waals surface area contributed by atoms with Crippen LogP contribution in [0.2, 0.25) is 10.0 Å². The Morgan fingerprint density at radius 3 is 2.52 bits per heavy atom. The summed E-state index contributed by atoms with van der Waals surface area (Å²) in [7, 11) is 0. The van der Waals surface area contributed by atoms with Crippen molar-refractivity contribution in [1.29, 1.82) is 0 Å². The van der Waals surface area contributed by atoms with E-state index in [-0.39, 0.29) is 23.7 Å². The first-order chi connectivity index (χ1) is 11.8. The van der Waals surface area contributed by atoms with E-state index in [2.05, 4.69) is 5.32 Å². The van der Waals surface area contributed by atoms with Crippen molar-refractivity contribution in [3.05, 3.63) is 58.1 Å². The van der Waals surface area contributed by atoms with Crippen LogP contribution in [0.15, 0.2) is 36.4 Å². The minimum absolute atomic E-state index is 0.0814. The van der Waals surface area contributed by atoms with Gasteiger partial charge < -0.3 is 10.2 Å². The van der Waals surface area contributed by atoms with Gasteiger partial charge in [0.25, 0.3) is 0 Å². The van der Waals surface area contributed by atoms with E-state index in [1.807, 2.05) is 0 Å². The van der Waals surface area contributed by atoms with Crippen LogP contribution in [0.3, 0.4) is 0 Å². The van der Waals surface area contributed by atoms with E-state index >= 15 is 0 Å². The fourth-order valence-corrected chi connectivity index (χ4v) is 2.52. The average Bonchev–Trinajstić information content (AvgIpc) is 2.53. The fourth-order valence-electron chi connectivity index (χ4n) is 2.17. The maximum Gasteiger partial charge on any atom is 0.226 e. The van der Waals surface area contributed by atoms with Crippen LogP contribution in [0.1, 0.15) is 13.3 Å². The van der Waals surface area contributed by atoms with Gasteiger partial charge in [0.2, 0.25) is 11.8 Å². The van der Waals surface area contributed by atoms with Gasteiger partial charge in [-0.05, 0) is 24.3 Å². The molecule has 0 saturated carbocycles. The molecule has 0 atom stereocenters. The van der Waals surface area contributed by atoms with Crippen LogP contribution in [0.5, 0.6) is 0 Å². The standard InChI is InChI=1S/C17H14Cl2F2N2O2/c1-10(24)23(15-6-5-11(20)9-13(15)21)8-7-16(25)22-14-4-2-3-12(18)17(14)19/h2-6,9H,7-8H2,1H3,(H,22,25). The summed E-state index contributed by atoms with van der Waals surface area (Å²) in [5.41, 5.74) is 0.240. The fraction of sp³-hybridized carbons (Fsp3) is 0.176. The van der Waals surface area contributed by atoms with E-state index in [1.165, 1.54) is 6.92 Å². The first-order valence-corrected chi connectivity index (χ1v) is 8.02. The number of carbonyl (C=O) groups is 2. The number of rotatable bonds is 5. The predicted molar refractivity (Wildman–Crippen MR) is 94.1 cm³/mol. The van der Waals surface area contributed by atoms with E-state index < -0.39 is 23.4 Å². The van der Waals surface area contributed by atoms with Crippen LogP contribution in [0.4, 0.5) is 20.2 Å². The summed E-state index contributed by atoms with van der Waals surface area (Å²) in [5, 5.41) is 3.06. The quantitative estimate of drug-likeness (QED) is 0.812. The van der Waals surface area contributed by atoms with E-state index in [0.29, 0.717) is 16.8 Å². The largest absolute Gasteiger partial charge is 0.325 e. The zero-order valence-corrected chi connectivity index (χ0v) is 14.7. The molecule has 0 radical (unpaired) electrons. The first-order valence-electron chi connectivity index (χ1n) is 7.26. The van der Waals surface area contributed by atoms with Crippen molar-refractivity contribution < 1.29 is 18.4 Å². The normalized spacial score (nSPS) is 10.4. The maximum atomic E-state index is 13.9. The Bertz CT molecular complexity index is 815. The van der Waals surface area contributed by atoms with E-state index in [9.17, 15) is 18.4 Å². The van der Waals surface area contributed by atoms with Gasteiger partial charge >= 0.3 is 0 Å². The number of halogens is 4. The molecule has 0 aliphatic rings. The molecule has 8 heteroatoms. The molecule has 0 saturated heterocycles. The minimum Gasteiger partial charge on any atom is -0.325 e. The van der Waals surface area contributed by atoms with Crippen LogP contribution in [-0.2, 0) is 9.59 Å². The molecule has 0 bridgehead atoms. The summed E-state index contributed by atoms with van der Waals surface area (Å²) >= 11 is 11.9. The average molecular weight is 387 g/mol. The lowest BCUT2D eigenvalue weighted by Crippen LogP contribution is -2.32. The van der Waals surface area contributed by atoms with Gasteiger partial charge in [0, 0.05) is 26.0 Å². The van der Waals surface area contributed by atoms with E-state index in [4.69, 9.17) is 23.2 Å². The molecule has 1 N–H and O–H groups in total. The SMILES string of the molecule is CC(=O)N(CCC(=O)Nc1cccc(Cl)c1Cl)c1ccc(F)cc1F. The predicted octanol–water partition coefficient (Wildman–Crippen LogP) is 4.65. The molecule has 0 aromatic heterocycles. The smallest absolute Gasteiger partial charge is 0.226 e. The highest BCUT2D eigenvalue weighted by atomic mass is 35.5. The number of benzene rings is 2. The minimum atomic E-state index is -0.881. The lowest BCUT2D eigenvalue weighted by molar-refractivity contribution is -0.117. The van der Waals surface area contributed by atoms with Crippen LogP contribution < -0.4 is 10.2 Å². The van der Waals surface area contributed by atoms with Gasteiger partial charge in [-0.3, -0.25) is 9.59 Å². The lowest BCUT2D eigenvalue weighted by Gasteiger charge is -2.21. The van der Waals surface area contributed by atoms with Crippen molar-refractivity contribution in [3.63, 3.8) is 0 Å². The Morgan fingerprint density at radius 2 is 1.88 bits per heavy atom. The van der Waals surface area contributed by atoms with Gasteiger partial charge in [-0.1, -0.05) is 29.3 Å². The van der Waals surface area contributed by atoms with E-state index in [1.54, 1.807) is 18.2 Å². The highest BCUT2D eigenvalue weighted by Gasteiger charge is 2.18. The van der Waals surface area contributed by atoms with Gasteiger partial charge in [0.05, 0.1) is 21.4 Å². The number of nitrogens with zero attached hydrogens (tertiary/aromatic N) is 1. The summed E-state index contributed by atoms with van der Waals surface area (Å²) < 4.78 is 26.9. The van der Waals surface area contributed by atoms with Gasteiger partial charge in [-0.2, -0.15) is 0 Å². The van der Waals surface area contributed by atoms with Gasteiger partial charge in [-0.15, -0.1) is 0 Å². The molecule has 0 aliphatic carbocycles. The summed E-state index contributed by atoms with van der Waals surface area (Å²) in [5.74, 6) is -2.54. The van der Waals surface area contributed by atoms with Crippen LogP contribution in [0.25, 0.3) is 0 Å². The number of carbonyl (C=O) groups excluding carboxylic acids is 2. The highest BCUT2D eigenvalue weighted by molar-refractivity contribution is 6.43. The molecule has 2 aromatic carbocycles. The first kappa shape index (κ1) is 19.1. The highest BCUT2D eigenvalue weighted by Crippen LogP contribution is 2.29. The number of hydrogen-bond donors (Lipinski definition) is 1. The monoisotopic (exact) mass is 386 g/mol. The summed E-state index contributed by atoms with van der Waals surface area (Å²) in [6.07, 6.45) is -0.112. The van der Waals surface area contributed by atoms with Crippen molar-refractivity contribution in [2.24, 2.45) is 0 Å². The Morgan fingerprint density at radius 1 is 1.16 bits per heavy atom. The third-order valence-electron chi connectivity index (χ3n) is 3.37. The molecule has 0 spiro atoms. The third-order valence-corrected chi connectivity index (χ3v) is 4.19. The molecule has 0 fully saturated rings. The number of amides is 2. The second-order valence-electron chi connectivity index (χ2n) is 5.17. The second-order valence-corrected chi connectivity index (χ2v) is 5.95. The summed E-state index contributed by atoms with van der Waals surface area (Å²) in [6.45, 7) is 1.15.